The van der Waals surface area contributed by atoms with Crippen molar-refractivity contribution in [2.75, 3.05) is 13.6 Å². The predicted octanol–water partition coefficient (Wildman–Crippen LogP) is 2.93. The number of hydrogen-bond donors (Lipinski definition) is 1. The van der Waals surface area contributed by atoms with Gasteiger partial charge in [0.1, 0.15) is 0 Å². The van der Waals surface area contributed by atoms with E-state index >= 15 is 0 Å². The van der Waals surface area contributed by atoms with Gasteiger partial charge in [-0.1, -0.05) is 36.8 Å². The van der Waals surface area contributed by atoms with E-state index in [4.69, 9.17) is 0 Å². The maximum absolute atomic E-state index is 11.3. The molecule has 0 amide bonds. The van der Waals surface area contributed by atoms with Crippen molar-refractivity contribution in [1.29, 1.82) is 0 Å². The summed E-state index contributed by atoms with van der Waals surface area (Å²) in [6, 6.07) is 8.35. The number of aryl methyl sites for hydroxylation is 1. The Balaban J connectivity index is 2.63. The van der Waals surface area contributed by atoms with Gasteiger partial charge in [-0.3, -0.25) is 4.79 Å². The standard InChI is InChI=1S/C15H23NO2/c1-5-15(3,14(17)18)11-16(4)10-13-8-6-12(2)7-9-13/h6-9H,5,10-11H2,1-4H3,(H,17,18). The Kier molecular flexibility index (Phi) is 4.91. The van der Waals surface area contributed by atoms with Gasteiger partial charge in [-0.25, -0.2) is 0 Å². The summed E-state index contributed by atoms with van der Waals surface area (Å²) < 4.78 is 0. The molecule has 1 atom stereocenters. The summed E-state index contributed by atoms with van der Waals surface area (Å²) in [7, 11) is 1.97. The summed E-state index contributed by atoms with van der Waals surface area (Å²) in [6.07, 6.45) is 0.639. The molecule has 0 saturated carbocycles. The normalized spacial score (nSPS) is 14.5. The largest absolute Gasteiger partial charge is 0.481 e. The molecule has 1 rings (SSSR count). The molecule has 0 heterocycles. The van der Waals surface area contributed by atoms with E-state index in [0.29, 0.717) is 13.0 Å². The van der Waals surface area contributed by atoms with E-state index in [2.05, 4.69) is 36.1 Å². The van der Waals surface area contributed by atoms with Gasteiger partial charge in [0.2, 0.25) is 0 Å². The van der Waals surface area contributed by atoms with E-state index < -0.39 is 11.4 Å². The first-order chi connectivity index (χ1) is 8.37. The van der Waals surface area contributed by atoms with Gasteiger partial charge in [0, 0.05) is 13.1 Å². The number of carbonyl (C=O) groups is 1. The molecule has 1 unspecified atom stereocenters. The van der Waals surface area contributed by atoms with E-state index in [1.54, 1.807) is 6.92 Å². The molecule has 0 aliphatic carbocycles. The molecule has 0 saturated heterocycles. The van der Waals surface area contributed by atoms with E-state index in [9.17, 15) is 9.90 Å². The summed E-state index contributed by atoms with van der Waals surface area (Å²) in [5, 5.41) is 9.26. The smallest absolute Gasteiger partial charge is 0.310 e. The number of nitrogens with zero attached hydrogens (tertiary/aromatic N) is 1. The first-order valence-electron chi connectivity index (χ1n) is 6.35. The lowest BCUT2D eigenvalue weighted by Crippen LogP contribution is -2.38. The van der Waals surface area contributed by atoms with Crippen LogP contribution in [0.2, 0.25) is 0 Å². The molecule has 0 radical (unpaired) electrons. The van der Waals surface area contributed by atoms with E-state index in [1.807, 2.05) is 14.0 Å². The molecule has 1 N–H and O–H groups in total. The van der Waals surface area contributed by atoms with Gasteiger partial charge >= 0.3 is 5.97 Å². The average molecular weight is 249 g/mol. The zero-order chi connectivity index (χ0) is 13.8. The van der Waals surface area contributed by atoms with Crippen molar-refractivity contribution >= 4 is 5.97 Å². The highest BCUT2D eigenvalue weighted by atomic mass is 16.4. The van der Waals surface area contributed by atoms with Crippen molar-refractivity contribution in [3.8, 4) is 0 Å². The van der Waals surface area contributed by atoms with Crippen LogP contribution in [0.5, 0.6) is 0 Å². The molecule has 0 bridgehead atoms. The number of aliphatic carboxylic acids is 1. The van der Waals surface area contributed by atoms with Crippen LogP contribution in [0.15, 0.2) is 24.3 Å². The van der Waals surface area contributed by atoms with Crippen LogP contribution in [-0.4, -0.2) is 29.6 Å². The zero-order valence-electron chi connectivity index (χ0n) is 11.7. The van der Waals surface area contributed by atoms with Gasteiger partial charge in [0.15, 0.2) is 0 Å². The second-order valence-corrected chi connectivity index (χ2v) is 5.38. The number of carboxylic acid groups (broad SMARTS) is 1. The summed E-state index contributed by atoms with van der Waals surface area (Å²) in [5.41, 5.74) is 1.79. The molecule has 18 heavy (non-hydrogen) atoms. The number of carboxylic acids is 1. The Bertz CT molecular complexity index is 399. The van der Waals surface area contributed by atoms with Crippen molar-refractivity contribution in [3.63, 3.8) is 0 Å². The van der Waals surface area contributed by atoms with Gasteiger partial charge in [-0.05, 0) is 32.9 Å². The van der Waals surface area contributed by atoms with E-state index in [1.165, 1.54) is 11.1 Å². The Hall–Kier alpha value is -1.35. The lowest BCUT2D eigenvalue weighted by Gasteiger charge is -2.29. The first-order valence-corrected chi connectivity index (χ1v) is 6.35. The quantitative estimate of drug-likeness (QED) is 0.842. The fraction of sp³-hybridized carbons (Fsp3) is 0.533. The molecule has 0 aromatic heterocycles. The van der Waals surface area contributed by atoms with Crippen molar-refractivity contribution < 1.29 is 9.90 Å². The van der Waals surface area contributed by atoms with Crippen molar-refractivity contribution in [1.82, 2.24) is 4.90 Å². The van der Waals surface area contributed by atoms with Crippen molar-refractivity contribution in [3.05, 3.63) is 35.4 Å². The van der Waals surface area contributed by atoms with Gasteiger partial charge < -0.3 is 10.0 Å². The Labute approximate surface area is 109 Å². The summed E-state index contributed by atoms with van der Waals surface area (Å²) in [4.78, 5) is 13.3. The molecule has 0 aliphatic rings. The van der Waals surface area contributed by atoms with Crippen LogP contribution in [0, 0.1) is 12.3 Å². The Morgan fingerprint density at radius 2 is 1.89 bits per heavy atom. The van der Waals surface area contributed by atoms with Crippen LogP contribution >= 0.6 is 0 Å². The summed E-state index contributed by atoms with van der Waals surface area (Å²) in [6.45, 7) is 7.14. The number of benzene rings is 1. The zero-order valence-corrected chi connectivity index (χ0v) is 11.7. The third-order valence-corrected chi connectivity index (χ3v) is 3.49. The monoisotopic (exact) mass is 249 g/mol. The molecular formula is C15H23NO2. The fourth-order valence-electron chi connectivity index (χ4n) is 1.99. The minimum absolute atomic E-state index is 0.562. The predicted molar refractivity (Wildman–Crippen MR) is 73.5 cm³/mol. The summed E-state index contributed by atoms with van der Waals surface area (Å²) in [5.74, 6) is -0.722. The molecule has 0 aliphatic heterocycles. The third-order valence-electron chi connectivity index (χ3n) is 3.49. The molecule has 1 aromatic rings. The van der Waals surface area contributed by atoms with Gasteiger partial charge in [-0.15, -0.1) is 0 Å². The molecule has 3 nitrogen and oxygen atoms in total. The molecule has 1 aromatic carbocycles. The first kappa shape index (κ1) is 14.7. The lowest BCUT2D eigenvalue weighted by molar-refractivity contribution is -0.149. The number of hydrogen-bond acceptors (Lipinski definition) is 2. The maximum atomic E-state index is 11.3. The fourth-order valence-corrected chi connectivity index (χ4v) is 1.99. The molecule has 0 fully saturated rings. The molecular weight excluding hydrogens is 226 g/mol. The third kappa shape index (κ3) is 3.84. The van der Waals surface area contributed by atoms with Gasteiger partial charge in [-0.2, -0.15) is 0 Å². The molecule has 3 heteroatoms. The SMILES string of the molecule is CCC(C)(CN(C)Cc1ccc(C)cc1)C(=O)O. The minimum Gasteiger partial charge on any atom is -0.481 e. The van der Waals surface area contributed by atoms with Crippen LogP contribution < -0.4 is 0 Å². The second kappa shape index (κ2) is 6.01. The van der Waals surface area contributed by atoms with Crippen LogP contribution in [0.25, 0.3) is 0 Å². The van der Waals surface area contributed by atoms with Crippen molar-refractivity contribution in [2.45, 2.75) is 33.7 Å². The second-order valence-electron chi connectivity index (χ2n) is 5.38. The molecule has 0 spiro atoms. The van der Waals surface area contributed by atoms with E-state index in [-0.39, 0.29) is 0 Å². The topological polar surface area (TPSA) is 40.5 Å². The highest BCUT2D eigenvalue weighted by Crippen LogP contribution is 2.23. The summed E-state index contributed by atoms with van der Waals surface area (Å²) >= 11 is 0. The van der Waals surface area contributed by atoms with E-state index in [0.717, 1.165) is 6.54 Å². The highest BCUT2D eigenvalue weighted by molar-refractivity contribution is 5.74. The highest BCUT2D eigenvalue weighted by Gasteiger charge is 2.32. The van der Waals surface area contributed by atoms with Gasteiger partial charge in [0.25, 0.3) is 0 Å². The average Bonchev–Trinajstić information content (AvgIpc) is 2.31. The Morgan fingerprint density at radius 3 is 2.33 bits per heavy atom. The Morgan fingerprint density at radius 1 is 1.33 bits per heavy atom. The van der Waals surface area contributed by atoms with Crippen LogP contribution in [-0.2, 0) is 11.3 Å². The number of rotatable bonds is 6. The van der Waals surface area contributed by atoms with Crippen LogP contribution in [0.3, 0.4) is 0 Å². The van der Waals surface area contributed by atoms with Crippen molar-refractivity contribution in [2.24, 2.45) is 5.41 Å². The van der Waals surface area contributed by atoms with Crippen LogP contribution in [0.4, 0.5) is 0 Å². The maximum Gasteiger partial charge on any atom is 0.310 e. The van der Waals surface area contributed by atoms with Crippen LogP contribution in [0.1, 0.15) is 31.4 Å². The minimum atomic E-state index is -0.722. The lowest BCUT2D eigenvalue weighted by atomic mass is 9.87. The van der Waals surface area contributed by atoms with Gasteiger partial charge in [0.05, 0.1) is 5.41 Å². The molecule has 100 valence electrons.